The Morgan fingerprint density at radius 1 is 0.737 bits per heavy atom. The zero-order chi connectivity index (χ0) is 14.5. The molecule has 0 spiro atoms. The fourth-order valence-corrected chi connectivity index (χ4v) is 1.78. The van der Waals surface area contributed by atoms with Crippen molar-refractivity contribution < 1.29 is 39.9 Å². The molecule has 0 unspecified atom stereocenters. The zero-order valence-electron chi connectivity index (χ0n) is 9.46. The molecule has 0 saturated carbocycles. The maximum absolute atomic E-state index is 11.7. The number of aliphatic hydroxyl groups excluding tert-OH is 1. The summed E-state index contributed by atoms with van der Waals surface area (Å²) in [5, 5.41) is 47.5. The predicted molar refractivity (Wildman–Crippen MR) is 59.0 cm³/mol. The van der Waals surface area contributed by atoms with Crippen LogP contribution in [0.15, 0.2) is 5.76 Å². The van der Waals surface area contributed by atoms with E-state index in [1.165, 1.54) is 0 Å². The Morgan fingerprint density at radius 3 is 1.68 bits per heavy atom. The largest absolute Gasteiger partial charge is 0.504 e. The molecule has 5 N–H and O–H groups in total. The fraction of sp³-hybridized carbons (Fsp3) is 0.0909. The number of phenolic OH excluding ortho intramolecular Hbond substituents is 4. The molecule has 0 aliphatic heterocycles. The van der Waals surface area contributed by atoms with Crippen molar-refractivity contribution in [2.75, 3.05) is 7.11 Å². The van der Waals surface area contributed by atoms with Crippen molar-refractivity contribution in [1.29, 1.82) is 0 Å². The Kier molecular flexibility index (Phi) is 2.51. The molecule has 1 aromatic rings. The van der Waals surface area contributed by atoms with Gasteiger partial charge in [0.15, 0.2) is 17.3 Å². The van der Waals surface area contributed by atoms with Gasteiger partial charge in [0.05, 0.1) is 18.2 Å². The number of benzene rings is 1. The number of ether oxygens (including phenoxy) is 1. The molecule has 0 saturated heterocycles. The lowest BCUT2D eigenvalue weighted by Crippen LogP contribution is -2.25. The minimum Gasteiger partial charge on any atom is -0.504 e. The van der Waals surface area contributed by atoms with Crippen LogP contribution in [0.5, 0.6) is 23.0 Å². The van der Waals surface area contributed by atoms with Crippen LogP contribution in [-0.2, 0) is 9.53 Å². The Balaban J connectivity index is 2.98. The SMILES string of the molecule is COC1=C(O)c2c(O)c(O)c(O)c(O)c2C(=O)C1=O. The third-order valence-electron chi connectivity index (χ3n) is 2.69. The van der Waals surface area contributed by atoms with Crippen LogP contribution in [0.3, 0.4) is 0 Å². The van der Waals surface area contributed by atoms with Crippen LogP contribution in [0.25, 0.3) is 5.76 Å². The molecule has 100 valence electrons. The van der Waals surface area contributed by atoms with Gasteiger partial charge in [0, 0.05) is 0 Å². The number of ketones is 2. The molecule has 1 aromatic carbocycles. The number of allylic oxidation sites excluding steroid dienone is 1. The Hall–Kier alpha value is -2.90. The van der Waals surface area contributed by atoms with E-state index in [9.17, 15) is 35.1 Å². The number of methoxy groups -OCH3 is 1. The van der Waals surface area contributed by atoms with E-state index in [1.807, 2.05) is 0 Å². The van der Waals surface area contributed by atoms with Gasteiger partial charge in [0.1, 0.15) is 0 Å². The van der Waals surface area contributed by atoms with Gasteiger partial charge in [-0.05, 0) is 0 Å². The number of hydrogen-bond acceptors (Lipinski definition) is 8. The van der Waals surface area contributed by atoms with E-state index >= 15 is 0 Å². The summed E-state index contributed by atoms with van der Waals surface area (Å²) in [6, 6.07) is 0. The van der Waals surface area contributed by atoms with Gasteiger partial charge in [-0.25, -0.2) is 0 Å². The second-order valence-corrected chi connectivity index (χ2v) is 3.68. The molecule has 0 bridgehead atoms. The molecule has 2 rings (SSSR count). The fourth-order valence-electron chi connectivity index (χ4n) is 1.78. The first kappa shape index (κ1) is 12.6. The molecule has 8 heteroatoms. The van der Waals surface area contributed by atoms with Crippen molar-refractivity contribution in [3.8, 4) is 23.0 Å². The first-order valence-corrected chi connectivity index (χ1v) is 4.89. The molecule has 0 amide bonds. The second-order valence-electron chi connectivity index (χ2n) is 3.68. The normalized spacial score (nSPS) is 14.6. The maximum Gasteiger partial charge on any atom is 0.272 e. The van der Waals surface area contributed by atoms with E-state index in [1.54, 1.807) is 0 Å². The number of rotatable bonds is 1. The van der Waals surface area contributed by atoms with Crippen LogP contribution in [0, 0.1) is 0 Å². The molecular formula is C11H8O8. The van der Waals surface area contributed by atoms with Gasteiger partial charge >= 0.3 is 0 Å². The molecule has 8 nitrogen and oxygen atoms in total. The van der Waals surface area contributed by atoms with Gasteiger partial charge in [-0.3, -0.25) is 9.59 Å². The van der Waals surface area contributed by atoms with E-state index in [4.69, 9.17) is 0 Å². The summed E-state index contributed by atoms with van der Waals surface area (Å²) in [6.07, 6.45) is 0. The average Bonchev–Trinajstić information content (AvgIpc) is 2.38. The first-order valence-electron chi connectivity index (χ1n) is 4.89. The number of aliphatic hydroxyl groups is 1. The third-order valence-corrected chi connectivity index (χ3v) is 2.69. The molecular weight excluding hydrogens is 260 g/mol. The monoisotopic (exact) mass is 268 g/mol. The number of phenols is 4. The molecule has 19 heavy (non-hydrogen) atoms. The van der Waals surface area contributed by atoms with Crippen molar-refractivity contribution in [1.82, 2.24) is 0 Å². The second kappa shape index (κ2) is 3.80. The van der Waals surface area contributed by atoms with E-state index in [2.05, 4.69) is 4.74 Å². The van der Waals surface area contributed by atoms with E-state index < -0.39 is 57.2 Å². The highest BCUT2D eigenvalue weighted by atomic mass is 16.5. The number of Topliss-reactive ketones (excluding diaryl/α,β-unsaturated/α-hetero) is 2. The summed E-state index contributed by atoms with van der Waals surface area (Å²) in [6.45, 7) is 0. The predicted octanol–water partition coefficient (Wildman–Crippen LogP) is 0.147. The van der Waals surface area contributed by atoms with Gasteiger partial charge in [0.25, 0.3) is 5.78 Å². The van der Waals surface area contributed by atoms with E-state index in [0.717, 1.165) is 7.11 Å². The van der Waals surface area contributed by atoms with Crippen molar-refractivity contribution in [2.45, 2.75) is 0 Å². The number of carbonyl (C=O) groups is 2. The van der Waals surface area contributed by atoms with Gasteiger partial charge in [-0.2, -0.15) is 0 Å². The smallest absolute Gasteiger partial charge is 0.272 e. The quantitative estimate of drug-likeness (QED) is 0.275. The van der Waals surface area contributed by atoms with Crippen LogP contribution in [-0.4, -0.2) is 44.2 Å². The summed E-state index contributed by atoms with van der Waals surface area (Å²) in [4.78, 5) is 23.3. The van der Waals surface area contributed by atoms with Gasteiger partial charge < -0.3 is 30.3 Å². The van der Waals surface area contributed by atoms with Crippen LogP contribution in [0.1, 0.15) is 15.9 Å². The highest BCUT2D eigenvalue weighted by Crippen LogP contribution is 2.51. The van der Waals surface area contributed by atoms with E-state index in [-0.39, 0.29) is 0 Å². The Morgan fingerprint density at radius 2 is 1.21 bits per heavy atom. The number of fused-ring (bicyclic) bond motifs is 1. The number of carbonyl (C=O) groups excluding carboxylic acids is 2. The molecule has 0 atom stereocenters. The van der Waals surface area contributed by atoms with Crippen LogP contribution >= 0.6 is 0 Å². The van der Waals surface area contributed by atoms with Crippen LogP contribution < -0.4 is 0 Å². The van der Waals surface area contributed by atoms with Gasteiger partial charge in [-0.15, -0.1) is 0 Å². The number of aromatic hydroxyl groups is 4. The summed E-state index contributed by atoms with van der Waals surface area (Å²) >= 11 is 0. The average molecular weight is 268 g/mol. The molecule has 0 aromatic heterocycles. The van der Waals surface area contributed by atoms with Crippen LogP contribution in [0.2, 0.25) is 0 Å². The first-order chi connectivity index (χ1) is 8.82. The third kappa shape index (κ3) is 1.39. The van der Waals surface area contributed by atoms with Crippen molar-refractivity contribution in [3.05, 3.63) is 16.9 Å². The molecule has 1 aliphatic carbocycles. The standard InChI is InChI=1S/C11H8O8/c1-19-11-7(15)3-2(6(14)10(11)18)4(12)8(16)9(17)5(3)13/h12-13,15-17H,1H3. The lowest BCUT2D eigenvalue weighted by atomic mass is 9.90. The minimum absolute atomic E-state index is 0.686. The summed E-state index contributed by atoms with van der Waals surface area (Å²) in [5.74, 6) is -8.71. The minimum atomic E-state index is -1.30. The highest BCUT2D eigenvalue weighted by molar-refractivity contribution is 6.52. The number of hydrogen-bond donors (Lipinski definition) is 5. The lowest BCUT2D eigenvalue weighted by molar-refractivity contribution is -0.114. The van der Waals surface area contributed by atoms with Crippen molar-refractivity contribution in [2.24, 2.45) is 0 Å². The van der Waals surface area contributed by atoms with Gasteiger partial charge in [-0.1, -0.05) is 0 Å². The molecule has 0 radical (unpaired) electrons. The topological polar surface area (TPSA) is 145 Å². The maximum atomic E-state index is 11.7. The zero-order valence-corrected chi connectivity index (χ0v) is 9.46. The van der Waals surface area contributed by atoms with Gasteiger partial charge in [0.2, 0.25) is 23.0 Å². The van der Waals surface area contributed by atoms with Crippen molar-refractivity contribution in [3.63, 3.8) is 0 Å². The molecule has 0 heterocycles. The van der Waals surface area contributed by atoms with E-state index in [0.29, 0.717) is 0 Å². The van der Waals surface area contributed by atoms with Crippen LogP contribution in [0.4, 0.5) is 0 Å². The molecule has 1 aliphatic rings. The Bertz CT molecular complexity index is 655. The molecule has 0 fully saturated rings. The summed E-state index contributed by atoms with van der Waals surface area (Å²) in [7, 11) is 1.01. The Labute approximate surface area is 105 Å². The lowest BCUT2D eigenvalue weighted by Gasteiger charge is -2.19. The van der Waals surface area contributed by atoms with Crippen molar-refractivity contribution >= 4 is 17.3 Å². The highest BCUT2D eigenvalue weighted by Gasteiger charge is 2.40. The summed E-state index contributed by atoms with van der Waals surface area (Å²) in [5.41, 5.74) is -1.50. The summed E-state index contributed by atoms with van der Waals surface area (Å²) < 4.78 is 4.53.